The van der Waals surface area contributed by atoms with Gasteiger partial charge in [-0.1, -0.05) is 43.3 Å². The SMILES string of the molecule is CCC(C)NS(=O)(=O)c1ccc(NC(=O)COc2ccc(-c3ccccc3)cc2Br)cc1. The van der Waals surface area contributed by atoms with Gasteiger partial charge in [-0.3, -0.25) is 4.79 Å². The fourth-order valence-electron chi connectivity index (χ4n) is 2.90. The number of carbonyl (C=O) groups is 1. The topological polar surface area (TPSA) is 84.5 Å². The van der Waals surface area contributed by atoms with Crippen LogP contribution in [0.1, 0.15) is 20.3 Å². The first-order valence-corrected chi connectivity index (χ1v) is 12.5. The molecule has 3 aromatic rings. The van der Waals surface area contributed by atoms with Gasteiger partial charge in [-0.25, -0.2) is 13.1 Å². The molecule has 168 valence electrons. The van der Waals surface area contributed by atoms with Crippen LogP contribution in [-0.4, -0.2) is 27.0 Å². The molecule has 0 fully saturated rings. The van der Waals surface area contributed by atoms with Gasteiger partial charge in [-0.2, -0.15) is 0 Å². The first-order chi connectivity index (χ1) is 15.3. The lowest BCUT2D eigenvalue weighted by molar-refractivity contribution is -0.118. The summed E-state index contributed by atoms with van der Waals surface area (Å²) >= 11 is 3.49. The Kier molecular flexibility index (Phi) is 8.06. The van der Waals surface area contributed by atoms with E-state index in [9.17, 15) is 13.2 Å². The van der Waals surface area contributed by atoms with Gasteiger partial charge in [0.15, 0.2) is 6.61 Å². The molecule has 0 spiro atoms. The number of anilines is 1. The zero-order chi connectivity index (χ0) is 23.1. The van der Waals surface area contributed by atoms with Crippen molar-refractivity contribution in [1.82, 2.24) is 4.72 Å². The number of amides is 1. The maximum atomic E-state index is 12.3. The van der Waals surface area contributed by atoms with Gasteiger partial charge in [0.05, 0.1) is 9.37 Å². The van der Waals surface area contributed by atoms with Crippen molar-refractivity contribution in [3.63, 3.8) is 0 Å². The molecule has 0 aliphatic rings. The highest BCUT2D eigenvalue weighted by molar-refractivity contribution is 9.10. The molecule has 0 heterocycles. The van der Waals surface area contributed by atoms with Gasteiger partial charge < -0.3 is 10.1 Å². The van der Waals surface area contributed by atoms with Crippen molar-refractivity contribution in [2.24, 2.45) is 0 Å². The van der Waals surface area contributed by atoms with E-state index >= 15 is 0 Å². The van der Waals surface area contributed by atoms with Crippen molar-refractivity contribution in [2.75, 3.05) is 11.9 Å². The third-order valence-electron chi connectivity index (χ3n) is 4.81. The summed E-state index contributed by atoms with van der Waals surface area (Å²) in [7, 11) is -3.58. The van der Waals surface area contributed by atoms with Crippen LogP contribution in [0.3, 0.4) is 0 Å². The molecule has 2 N–H and O–H groups in total. The molecule has 1 atom stereocenters. The standard InChI is InChI=1S/C24H25BrN2O4S/c1-3-17(2)27-32(29,30)21-12-10-20(11-13-21)26-24(28)16-31-23-14-9-19(15-22(23)25)18-7-5-4-6-8-18/h4-15,17,27H,3,16H2,1-2H3,(H,26,28). The minimum Gasteiger partial charge on any atom is -0.483 e. The first-order valence-electron chi connectivity index (χ1n) is 10.2. The van der Waals surface area contributed by atoms with E-state index in [2.05, 4.69) is 26.0 Å². The molecule has 6 nitrogen and oxygen atoms in total. The normalized spacial score (nSPS) is 12.2. The molecule has 1 amide bonds. The van der Waals surface area contributed by atoms with Gasteiger partial charge >= 0.3 is 0 Å². The zero-order valence-corrected chi connectivity index (χ0v) is 20.2. The Balaban J connectivity index is 1.57. The van der Waals surface area contributed by atoms with Crippen LogP contribution in [0.2, 0.25) is 0 Å². The maximum Gasteiger partial charge on any atom is 0.262 e. The monoisotopic (exact) mass is 516 g/mol. The Hall–Kier alpha value is -2.68. The average molecular weight is 517 g/mol. The molecular weight excluding hydrogens is 492 g/mol. The van der Waals surface area contributed by atoms with Crippen LogP contribution < -0.4 is 14.8 Å². The maximum absolute atomic E-state index is 12.3. The van der Waals surface area contributed by atoms with E-state index in [0.717, 1.165) is 15.6 Å². The lowest BCUT2D eigenvalue weighted by Crippen LogP contribution is -2.32. The number of sulfonamides is 1. The Labute approximate surface area is 197 Å². The van der Waals surface area contributed by atoms with Crippen molar-refractivity contribution >= 4 is 37.5 Å². The Morgan fingerprint density at radius 1 is 1.00 bits per heavy atom. The average Bonchev–Trinajstić information content (AvgIpc) is 2.79. The summed E-state index contributed by atoms with van der Waals surface area (Å²) in [5.41, 5.74) is 2.61. The van der Waals surface area contributed by atoms with E-state index in [4.69, 9.17) is 4.74 Å². The van der Waals surface area contributed by atoms with Crippen LogP contribution in [-0.2, 0) is 14.8 Å². The van der Waals surface area contributed by atoms with Gasteiger partial charge in [-0.15, -0.1) is 0 Å². The molecule has 0 saturated heterocycles. The number of hydrogen-bond donors (Lipinski definition) is 2. The molecule has 32 heavy (non-hydrogen) atoms. The predicted octanol–water partition coefficient (Wildman–Crippen LogP) is 5.21. The summed E-state index contributed by atoms with van der Waals surface area (Å²) in [6.45, 7) is 3.53. The summed E-state index contributed by atoms with van der Waals surface area (Å²) in [4.78, 5) is 12.4. The van der Waals surface area contributed by atoms with Crippen LogP contribution in [0.5, 0.6) is 5.75 Å². The number of rotatable bonds is 9. The van der Waals surface area contributed by atoms with Gasteiger partial charge in [0, 0.05) is 11.7 Å². The first kappa shape index (κ1) is 24.0. The van der Waals surface area contributed by atoms with Crippen LogP contribution in [0.4, 0.5) is 5.69 Å². The summed E-state index contributed by atoms with van der Waals surface area (Å²) in [5.74, 6) is 0.203. The Morgan fingerprint density at radius 3 is 2.31 bits per heavy atom. The molecule has 0 aromatic heterocycles. The third-order valence-corrected chi connectivity index (χ3v) is 7.04. The highest BCUT2D eigenvalue weighted by Crippen LogP contribution is 2.30. The molecule has 0 saturated carbocycles. The molecule has 0 bridgehead atoms. The number of benzene rings is 3. The van der Waals surface area contributed by atoms with E-state index in [1.165, 1.54) is 12.1 Å². The third kappa shape index (κ3) is 6.41. The van der Waals surface area contributed by atoms with Gasteiger partial charge in [0.25, 0.3) is 5.91 Å². The molecule has 0 radical (unpaired) electrons. The molecule has 3 aromatic carbocycles. The minimum absolute atomic E-state index is 0.148. The molecule has 1 unspecified atom stereocenters. The van der Waals surface area contributed by atoms with Crippen molar-refractivity contribution < 1.29 is 17.9 Å². The quantitative estimate of drug-likeness (QED) is 0.408. The van der Waals surface area contributed by atoms with Gasteiger partial charge in [0.2, 0.25) is 10.0 Å². The molecular formula is C24H25BrN2O4S. The van der Waals surface area contributed by atoms with Crippen molar-refractivity contribution in [3.05, 3.63) is 77.3 Å². The van der Waals surface area contributed by atoms with Crippen molar-refractivity contribution in [1.29, 1.82) is 0 Å². The van der Waals surface area contributed by atoms with E-state index in [1.54, 1.807) is 19.1 Å². The Bertz CT molecular complexity index is 1170. The second-order valence-corrected chi connectivity index (χ2v) is 9.87. The summed E-state index contributed by atoms with van der Waals surface area (Å²) in [6, 6.07) is 21.5. The lowest BCUT2D eigenvalue weighted by Gasteiger charge is -2.13. The fraction of sp³-hybridized carbons (Fsp3) is 0.208. The molecule has 8 heteroatoms. The number of halogens is 1. The largest absolute Gasteiger partial charge is 0.483 e. The fourth-order valence-corrected chi connectivity index (χ4v) is 4.72. The Morgan fingerprint density at radius 2 is 1.69 bits per heavy atom. The number of hydrogen-bond acceptors (Lipinski definition) is 4. The summed E-state index contributed by atoms with van der Waals surface area (Å²) in [5, 5.41) is 2.70. The summed E-state index contributed by atoms with van der Waals surface area (Å²) < 4.78 is 33.6. The molecule has 0 aliphatic heterocycles. The lowest BCUT2D eigenvalue weighted by atomic mass is 10.1. The number of carbonyl (C=O) groups excluding carboxylic acids is 1. The second-order valence-electron chi connectivity index (χ2n) is 7.30. The molecule has 3 rings (SSSR count). The van der Waals surface area contributed by atoms with E-state index in [0.29, 0.717) is 17.9 Å². The minimum atomic E-state index is -3.58. The highest BCUT2D eigenvalue weighted by Gasteiger charge is 2.16. The number of nitrogens with one attached hydrogen (secondary N) is 2. The zero-order valence-electron chi connectivity index (χ0n) is 17.8. The van der Waals surface area contributed by atoms with Crippen LogP contribution >= 0.6 is 15.9 Å². The van der Waals surface area contributed by atoms with Crippen molar-refractivity contribution in [2.45, 2.75) is 31.2 Å². The highest BCUT2D eigenvalue weighted by atomic mass is 79.9. The summed E-state index contributed by atoms with van der Waals surface area (Å²) in [6.07, 6.45) is 0.693. The number of ether oxygens (including phenoxy) is 1. The van der Waals surface area contributed by atoms with Gasteiger partial charge in [-0.05, 0) is 76.8 Å². The smallest absolute Gasteiger partial charge is 0.262 e. The van der Waals surface area contributed by atoms with Gasteiger partial charge in [0.1, 0.15) is 5.75 Å². The van der Waals surface area contributed by atoms with Crippen molar-refractivity contribution in [3.8, 4) is 16.9 Å². The van der Waals surface area contributed by atoms with Crippen LogP contribution in [0.25, 0.3) is 11.1 Å². The van der Waals surface area contributed by atoms with Crippen LogP contribution in [0, 0.1) is 0 Å². The molecule has 0 aliphatic carbocycles. The van der Waals surface area contributed by atoms with Crippen LogP contribution in [0.15, 0.2) is 82.2 Å². The predicted molar refractivity (Wildman–Crippen MR) is 130 cm³/mol. The van der Waals surface area contributed by atoms with E-state index in [1.807, 2.05) is 55.5 Å². The van der Waals surface area contributed by atoms with E-state index in [-0.39, 0.29) is 23.5 Å². The second kappa shape index (κ2) is 10.8. The van der Waals surface area contributed by atoms with E-state index < -0.39 is 10.0 Å².